The molecular weight excluding hydrogens is 252 g/mol. The van der Waals surface area contributed by atoms with Crippen molar-refractivity contribution in [2.75, 3.05) is 30.0 Å². The van der Waals surface area contributed by atoms with Crippen LogP contribution in [0.1, 0.15) is 0 Å². The Hall–Kier alpha value is -2.44. The molecule has 1 aromatic heterocycles. The summed E-state index contributed by atoms with van der Waals surface area (Å²) in [5, 5.41) is 2.83. The quantitative estimate of drug-likeness (QED) is 0.890. The van der Waals surface area contributed by atoms with Crippen LogP contribution >= 0.6 is 0 Å². The van der Waals surface area contributed by atoms with Crippen molar-refractivity contribution in [1.82, 2.24) is 9.97 Å². The zero-order valence-electron chi connectivity index (χ0n) is 10.5. The Bertz CT molecular complexity index is 601. The van der Waals surface area contributed by atoms with Gasteiger partial charge < -0.3 is 16.0 Å². The van der Waals surface area contributed by atoms with Gasteiger partial charge >= 0.3 is 0 Å². The Morgan fingerprint density at radius 1 is 1.16 bits per heavy atom. The molecular formula is C12H13F2N5. The van der Waals surface area contributed by atoms with Crippen LogP contribution in [0.3, 0.4) is 0 Å². The molecule has 0 spiro atoms. The molecule has 0 aliphatic heterocycles. The molecule has 7 heteroatoms. The fourth-order valence-electron chi connectivity index (χ4n) is 1.55. The molecule has 2 aromatic rings. The van der Waals surface area contributed by atoms with Gasteiger partial charge in [0.15, 0.2) is 23.3 Å². The van der Waals surface area contributed by atoms with Crippen LogP contribution in [-0.4, -0.2) is 24.1 Å². The minimum Gasteiger partial charge on any atom is -0.393 e. The van der Waals surface area contributed by atoms with Crippen molar-refractivity contribution in [2.24, 2.45) is 0 Å². The van der Waals surface area contributed by atoms with Crippen molar-refractivity contribution in [3.8, 4) is 0 Å². The monoisotopic (exact) mass is 265 g/mol. The van der Waals surface area contributed by atoms with Gasteiger partial charge in [-0.25, -0.2) is 18.7 Å². The van der Waals surface area contributed by atoms with E-state index in [2.05, 4.69) is 15.3 Å². The third-order valence-electron chi connectivity index (χ3n) is 2.47. The molecule has 0 bridgehead atoms. The van der Waals surface area contributed by atoms with E-state index in [1.807, 2.05) is 0 Å². The molecule has 1 heterocycles. The van der Waals surface area contributed by atoms with Crippen LogP contribution < -0.4 is 16.0 Å². The van der Waals surface area contributed by atoms with Gasteiger partial charge in [0.05, 0.1) is 0 Å². The number of halogens is 2. The van der Waals surface area contributed by atoms with E-state index in [0.29, 0.717) is 23.0 Å². The molecule has 19 heavy (non-hydrogen) atoms. The number of nitrogens with two attached hydrogens (primary N) is 1. The molecule has 0 aliphatic rings. The molecule has 0 radical (unpaired) electrons. The zero-order valence-corrected chi connectivity index (χ0v) is 10.5. The fraction of sp³-hybridized carbons (Fsp3) is 0.167. The van der Waals surface area contributed by atoms with Crippen molar-refractivity contribution in [1.29, 1.82) is 0 Å². The van der Waals surface area contributed by atoms with Gasteiger partial charge in [0, 0.05) is 25.8 Å². The SMILES string of the molecule is CN(C)c1ncnc(Nc2ccc(F)c(F)c2)c1N. The molecule has 5 nitrogen and oxygen atoms in total. The number of aromatic nitrogens is 2. The summed E-state index contributed by atoms with van der Waals surface area (Å²) in [6.45, 7) is 0. The lowest BCUT2D eigenvalue weighted by Gasteiger charge is -2.16. The predicted octanol–water partition coefficient (Wildman–Crippen LogP) is 2.15. The summed E-state index contributed by atoms with van der Waals surface area (Å²) in [5.41, 5.74) is 6.59. The maximum atomic E-state index is 13.1. The maximum Gasteiger partial charge on any atom is 0.160 e. The molecule has 0 atom stereocenters. The van der Waals surface area contributed by atoms with Gasteiger partial charge in [-0.3, -0.25) is 0 Å². The van der Waals surface area contributed by atoms with E-state index in [1.54, 1.807) is 19.0 Å². The zero-order chi connectivity index (χ0) is 14.0. The topological polar surface area (TPSA) is 67.1 Å². The van der Waals surface area contributed by atoms with Crippen molar-refractivity contribution < 1.29 is 8.78 Å². The van der Waals surface area contributed by atoms with Crippen molar-refractivity contribution in [2.45, 2.75) is 0 Å². The van der Waals surface area contributed by atoms with E-state index in [4.69, 9.17) is 5.73 Å². The third-order valence-corrected chi connectivity index (χ3v) is 2.47. The Morgan fingerprint density at radius 3 is 2.53 bits per heavy atom. The first-order chi connectivity index (χ1) is 8.99. The van der Waals surface area contributed by atoms with E-state index in [0.717, 1.165) is 12.1 Å². The summed E-state index contributed by atoms with van der Waals surface area (Å²) in [7, 11) is 3.58. The Balaban J connectivity index is 2.33. The molecule has 3 N–H and O–H groups in total. The second kappa shape index (κ2) is 5.05. The molecule has 0 saturated heterocycles. The van der Waals surface area contributed by atoms with Gasteiger partial charge in [0.1, 0.15) is 12.0 Å². The van der Waals surface area contributed by atoms with E-state index < -0.39 is 11.6 Å². The molecule has 0 unspecified atom stereocenters. The minimum absolute atomic E-state index is 0.331. The minimum atomic E-state index is -0.939. The van der Waals surface area contributed by atoms with E-state index in [-0.39, 0.29) is 0 Å². The highest BCUT2D eigenvalue weighted by atomic mass is 19.2. The lowest BCUT2D eigenvalue weighted by molar-refractivity contribution is 0.509. The van der Waals surface area contributed by atoms with Crippen LogP contribution in [-0.2, 0) is 0 Å². The normalized spacial score (nSPS) is 10.3. The average Bonchev–Trinajstić information content (AvgIpc) is 2.36. The molecule has 1 aromatic carbocycles. The Labute approximate surface area is 109 Å². The number of nitrogens with one attached hydrogen (secondary N) is 1. The van der Waals surface area contributed by atoms with Crippen LogP contribution in [0.25, 0.3) is 0 Å². The van der Waals surface area contributed by atoms with Gasteiger partial charge in [0.25, 0.3) is 0 Å². The smallest absolute Gasteiger partial charge is 0.160 e. The first-order valence-electron chi connectivity index (χ1n) is 5.49. The number of hydrogen-bond acceptors (Lipinski definition) is 5. The molecule has 0 amide bonds. The van der Waals surface area contributed by atoms with Crippen LogP contribution in [0.15, 0.2) is 24.5 Å². The number of nitrogen functional groups attached to an aromatic ring is 1. The average molecular weight is 265 g/mol. The summed E-state index contributed by atoms with van der Waals surface area (Å²) in [5.74, 6) is -0.967. The lowest BCUT2D eigenvalue weighted by atomic mass is 10.3. The third kappa shape index (κ3) is 2.70. The van der Waals surface area contributed by atoms with Gasteiger partial charge in [-0.1, -0.05) is 0 Å². The summed E-state index contributed by atoms with van der Waals surface area (Å²) in [6.07, 6.45) is 1.34. The first-order valence-corrected chi connectivity index (χ1v) is 5.49. The lowest BCUT2D eigenvalue weighted by Crippen LogP contribution is -2.14. The second-order valence-electron chi connectivity index (χ2n) is 4.11. The Morgan fingerprint density at radius 2 is 1.89 bits per heavy atom. The van der Waals surface area contributed by atoms with Gasteiger partial charge in [-0.2, -0.15) is 0 Å². The van der Waals surface area contributed by atoms with Gasteiger partial charge in [0.2, 0.25) is 0 Å². The molecule has 100 valence electrons. The predicted molar refractivity (Wildman–Crippen MR) is 70.4 cm³/mol. The summed E-state index contributed by atoms with van der Waals surface area (Å²) in [6, 6.07) is 3.46. The van der Waals surface area contributed by atoms with Gasteiger partial charge in [-0.15, -0.1) is 0 Å². The van der Waals surface area contributed by atoms with Crippen molar-refractivity contribution in [3.63, 3.8) is 0 Å². The molecule has 0 aliphatic carbocycles. The van der Waals surface area contributed by atoms with Crippen LogP contribution in [0.4, 0.5) is 31.8 Å². The van der Waals surface area contributed by atoms with E-state index in [9.17, 15) is 8.78 Å². The highest BCUT2D eigenvalue weighted by Gasteiger charge is 2.10. The first kappa shape index (κ1) is 13.0. The largest absolute Gasteiger partial charge is 0.393 e. The van der Waals surface area contributed by atoms with Gasteiger partial charge in [-0.05, 0) is 12.1 Å². The number of benzene rings is 1. The highest BCUT2D eigenvalue weighted by Crippen LogP contribution is 2.27. The van der Waals surface area contributed by atoms with Crippen LogP contribution in [0, 0.1) is 11.6 Å². The fourth-order valence-corrected chi connectivity index (χ4v) is 1.55. The molecule has 0 fully saturated rings. The Kier molecular flexibility index (Phi) is 3.46. The number of hydrogen-bond donors (Lipinski definition) is 2. The van der Waals surface area contributed by atoms with Crippen LogP contribution in [0.2, 0.25) is 0 Å². The number of rotatable bonds is 3. The van der Waals surface area contributed by atoms with E-state index in [1.165, 1.54) is 12.4 Å². The standard InChI is InChI=1S/C12H13F2N5/c1-19(2)12-10(15)11(16-6-17-12)18-7-3-4-8(13)9(14)5-7/h3-6H,15H2,1-2H3,(H,16,17,18). The molecule has 2 rings (SSSR count). The summed E-state index contributed by atoms with van der Waals surface area (Å²) in [4.78, 5) is 9.74. The van der Waals surface area contributed by atoms with Crippen molar-refractivity contribution in [3.05, 3.63) is 36.2 Å². The van der Waals surface area contributed by atoms with Crippen molar-refractivity contribution >= 4 is 23.0 Å². The number of nitrogens with zero attached hydrogens (tertiary/aromatic N) is 3. The van der Waals surface area contributed by atoms with E-state index >= 15 is 0 Å². The summed E-state index contributed by atoms with van der Waals surface area (Å²) >= 11 is 0. The number of anilines is 4. The highest BCUT2D eigenvalue weighted by molar-refractivity contribution is 5.77. The molecule has 0 saturated carbocycles. The maximum absolute atomic E-state index is 13.1. The summed E-state index contributed by atoms with van der Waals surface area (Å²) < 4.78 is 25.9. The second-order valence-corrected chi connectivity index (χ2v) is 4.11. The van der Waals surface area contributed by atoms with Crippen LogP contribution in [0.5, 0.6) is 0 Å².